The Labute approximate surface area is 104 Å². The van der Waals surface area contributed by atoms with Crippen LogP contribution in [-0.4, -0.2) is 25.5 Å². The zero-order chi connectivity index (χ0) is 13.1. The molecule has 0 aliphatic carbocycles. The topological polar surface area (TPSA) is 60.2 Å². The second-order valence-corrected chi connectivity index (χ2v) is 7.60. The van der Waals surface area contributed by atoms with Gasteiger partial charge in [0.25, 0.3) is 0 Å². The van der Waals surface area contributed by atoms with Crippen LogP contribution in [0.3, 0.4) is 0 Å². The number of aryl methyl sites for hydroxylation is 1. The van der Waals surface area contributed by atoms with Crippen LogP contribution in [0.2, 0.25) is 0 Å². The summed E-state index contributed by atoms with van der Waals surface area (Å²) in [6.45, 7) is 3.38. The second kappa shape index (κ2) is 5.19. The first-order valence-electron chi connectivity index (χ1n) is 5.74. The minimum atomic E-state index is -3.13. The Kier molecular flexibility index (Phi) is 4.33. The van der Waals surface area contributed by atoms with Gasteiger partial charge in [0, 0.05) is 12.3 Å². The van der Waals surface area contributed by atoms with Gasteiger partial charge in [0.05, 0.1) is 4.75 Å². The summed E-state index contributed by atoms with van der Waals surface area (Å²) in [4.78, 5) is 0. The lowest BCUT2D eigenvalue weighted by molar-refractivity contribution is 0.463. The van der Waals surface area contributed by atoms with Crippen LogP contribution in [-0.2, 0) is 16.3 Å². The number of benzene rings is 1. The van der Waals surface area contributed by atoms with E-state index in [0.29, 0.717) is 6.42 Å². The SMILES string of the molecule is CC(C)(C(N)CCc1ccccc1)S(C)(=O)=O. The molecule has 0 bridgehead atoms. The molecule has 0 aliphatic rings. The molecule has 0 amide bonds. The third-order valence-corrected chi connectivity index (χ3v) is 5.65. The van der Waals surface area contributed by atoms with Crippen molar-refractivity contribution in [3.05, 3.63) is 35.9 Å². The number of sulfone groups is 1. The van der Waals surface area contributed by atoms with Gasteiger partial charge in [0.2, 0.25) is 0 Å². The molecule has 1 aromatic carbocycles. The highest BCUT2D eigenvalue weighted by Gasteiger charge is 2.36. The summed E-state index contributed by atoms with van der Waals surface area (Å²) in [6, 6.07) is 9.62. The molecule has 1 rings (SSSR count). The van der Waals surface area contributed by atoms with E-state index in [1.54, 1.807) is 13.8 Å². The average molecular weight is 255 g/mol. The molecule has 0 saturated carbocycles. The van der Waals surface area contributed by atoms with E-state index in [2.05, 4.69) is 0 Å². The lowest BCUT2D eigenvalue weighted by Gasteiger charge is -2.29. The maximum absolute atomic E-state index is 11.6. The zero-order valence-corrected chi connectivity index (χ0v) is 11.5. The monoisotopic (exact) mass is 255 g/mol. The van der Waals surface area contributed by atoms with E-state index in [0.717, 1.165) is 6.42 Å². The molecule has 0 radical (unpaired) electrons. The molecule has 3 nitrogen and oxygen atoms in total. The minimum Gasteiger partial charge on any atom is -0.326 e. The Balaban J connectivity index is 2.65. The van der Waals surface area contributed by atoms with Crippen LogP contribution in [0.4, 0.5) is 0 Å². The van der Waals surface area contributed by atoms with Crippen molar-refractivity contribution in [1.29, 1.82) is 0 Å². The van der Waals surface area contributed by atoms with E-state index in [1.807, 2.05) is 30.3 Å². The molecular formula is C13H21NO2S. The Bertz CT molecular complexity index is 452. The van der Waals surface area contributed by atoms with Gasteiger partial charge in [-0.1, -0.05) is 30.3 Å². The van der Waals surface area contributed by atoms with Crippen molar-refractivity contribution in [3.63, 3.8) is 0 Å². The van der Waals surface area contributed by atoms with E-state index in [-0.39, 0.29) is 6.04 Å². The van der Waals surface area contributed by atoms with Crippen molar-refractivity contribution < 1.29 is 8.42 Å². The van der Waals surface area contributed by atoms with Crippen LogP contribution in [0.1, 0.15) is 25.8 Å². The van der Waals surface area contributed by atoms with Gasteiger partial charge in [-0.25, -0.2) is 8.42 Å². The summed E-state index contributed by atoms with van der Waals surface area (Å²) in [5.74, 6) is 0. The van der Waals surface area contributed by atoms with Gasteiger partial charge < -0.3 is 5.73 Å². The Morgan fingerprint density at radius 2 is 1.76 bits per heavy atom. The lowest BCUT2D eigenvalue weighted by Crippen LogP contribution is -2.48. The molecule has 2 N–H and O–H groups in total. The summed E-state index contributed by atoms with van der Waals surface area (Å²) in [6.07, 6.45) is 2.72. The van der Waals surface area contributed by atoms with Gasteiger partial charge in [-0.15, -0.1) is 0 Å². The van der Waals surface area contributed by atoms with Gasteiger partial charge in [-0.2, -0.15) is 0 Å². The van der Waals surface area contributed by atoms with Crippen LogP contribution in [0.25, 0.3) is 0 Å². The summed E-state index contributed by atoms with van der Waals surface area (Å²) < 4.78 is 22.4. The minimum absolute atomic E-state index is 0.349. The van der Waals surface area contributed by atoms with Gasteiger partial charge in [-0.05, 0) is 32.3 Å². The Morgan fingerprint density at radius 3 is 2.24 bits per heavy atom. The molecular weight excluding hydrogens is 234 g/mol. The van der Waals surface area contributed by atoms with Gasteiger partial charge in [0.15, 0.2) is 9.84 Å². The molecule has 96 valence electrons. The van der Waals surface area contributed by atoms with Crippen molar-refractivity contribution in [2.75, 3.05) is 6.26 Å². The number of hydrogen-bond donors (Lipinski definition) is 1. The third-order valence-electron chi connectivity index (χ3n) is 3.44. The maximum Gasteiger partial charge on any atom is 0.154 e. The molecule has 1 aromatic rings. The van der Waals surface area contributed by atoms with Crippen LogP contribution in [0.15, 0.2) is 30.3 Å². The predicted molar refractivity (Wildman–Crippen MR) is 71.7 cm³/mol. The Morgan fingerprint density at radius 1 is 1.24 bits per heavy atom. The molecule has 0 saturated heterocycles. The first-order chi connectivity index (χ1) is 7.75. The molecule has 0 spiro atoms. The van der Waals surface area contributed by atoms with Crippen LogP contribution in [0.5, 0.6) is 0 Å². The third kappa shape index (κ3) is 3.54. The quantitative estimate of drug-likeness (QED) is 0.872. The highest BCUT2D eigenvalue weighted by molar-refractivity contribution is 7.92. The van der Waals surface area contributed by atoms with E-state index in [4.69, 9.17) is 5.73 Å². The van der Waals surface area contributed by atoms with Crippen LogP contribution >= 0.6 is 0 Å². The predicted octanol–water partition coefficient (Wildman–Crippen LogP) is 1.77. The summed E-state index contributed by atoms with van der Waals surface area (Å²) >= 11 is 0. The molecule has 1 unspecified atom stereocenters. The molecule has 4 heteroatoms. The van der Waals surface area contributed by atoms with E-state index in [1.165, 1.54) is 11.8 Å². The lowest BCUT2D eigenvalue weighted by atomic mass is 9.97. The highest BCUT2D eigenvalue weighted by atomic mass is 32.2. The van der Waals surface area contributed by atoms with Gasteiger partial charge >= 0.3 is 0 Å². The van der Waals surface area contributed by atoms with Crippen molar-refractivity contribution >= 4 is 9.84 Å². The van der Waals surface area contributed by atoms with Crippen molar-refractivity contribution in [1.82, 2.24) is 0 Å². The van der Waals surface area contributed by atoms with E-state index in [9.17, 15) is 8.42 Å². The first-order valence-corrected chi connectivity index (χ1v) is 7.63. The smallest absolute Gasteiger partial charge is 0.154 e. The summed E-state index contributed by atoms with van der Waals surface area (Å²) in [5, 5.41) is 0. The van der Waals surface area contributed by atoms with Gasteiger partial charge in [0.1, 0.15) is 0 Å². The molecule has 0 fully saturated rings. The van der Waals surface area contributed by atoms with Gasteiger partial charge in [-0.3, -0.25) is 0 Å². The highest BCUT2D eigenvalue weighted by Crippen LogP contribution is 2.22. The maximum atomic E-state index is 11.6. The zero-order valence-electron chi connectivity index (χ0n) is 10.7. The summed E-state index contributed by atoms with van der Waals surface area (Å²) in [5.41, 5.74) is 7.19. The largest absolute Gasteiger partial charge is 0.326 e. The standard InChI is InChI=1S/C13H21NO2S/c1-13(2,17(3,15)16)12(14)10-9-11-7-5-4-6-8-11/h4-8,12H,9-10,14H2,1-3H3. The molecule has 1 atom stereocenters. The van der Waals surface area contributed by atoms with Crippen LogP contribution in [0, 0.1) is 0 Å². The number of rotatable bonds is 5. The first kappa shape index (κ1) is 14.2. The fraction of sp³-hybridized carbons (Fsp3) is 0.538. The average Bonchev–Trinajstić information content (AvgIpc) is 2.25. The van der Waals surface area contributed by atoms with Crippen molar-refractivity contribution in [3.8, 4) is 0 Å². The summed E-state index contributed by atoms with van der Waals surface area (Å²) in [7, 11) is -3.13. The normalized spacial score (nSPS) is 14.6. The second-order valence-electron chi connectivity index (χ2n) is 5.01. The number of hydrogen-bond acceptors (Lipinski definition) is 3. The molecule has 0 aromatic heterocycles. The number of nitrogens with two attached hydrogens (primary N) is 1. The van der Waals surface area contributed by atoms with Crippen molar-refractivity contribution in [2.24, 2.45) is 5.73 Å². The van der Waals surface area contributed by atoms with Crippen LogP contribution < -0.4 is 5.73 Å². The Hall–Kier alpha value is -0.870. The fourth-order valence-electron chi connectivity index (χ4n) is 1.59. The molecule has 0 aliphatic heterocycles. The molecule has 0 heterocycles. The van der Waals surface area contributed by atoms with E-state index >= 15 is 0 Å². The van der Waals surface area contributed by atoms with Crippen molar-refractivity contribution in [2.45, 2.75) is 37.5 Å². The fourth-order valence-corrected chi connectivity index (χ4v) is 2.26. The molecule has 17 heavy (non-hydrogen) atoms. The van der Waals surface area contributed by atoms with E-state index < -0.39 is 14.6 Å².